The average molecular weight is 603 g/mol. The zero-order valence-electron chi connectivity index (χ0n) is 25.2. The Labute approximate surface area is 257 Å². The zero-order chi connectivity index (χ0) is 30.6. The van der Waals surface area contributed by atoms with E-state index in [2.05, 4.69) is 11.8 Å². The van der Waals surface area contributed by atoms with Gasteiger partial charge < -0.3 is 14.4 Å². The number of ether oxygens (including phenoxy) is 2. The van der Waals surface area contributed by atoms with Crippen molar-refractivity contribution in [2.45, 2.75) is 58.3 Å². The molecule has 1 fully saturated rings. The van der Waals surface area contributed by atoms with Crippen molar-refractivity contribution in [3.8, 4) is 5.75 Å². The normalized spacial score (nSPS) is 16.7. The summed E-state index contributed by atoms with van der Waals surface area (Å²) in [7, 11) is 0. The van der Waals surface area contributed by atoms with E-state index in [-0.39, 0.29) is 23.7 Å². The van der Waals surface area contributed by atoms with E-state index in [1.807, 2.05) is 81.4 Å². The van der Waals surface area contributed by atoms with Gasteiger partial charge in [0.1, 0.15) is 23.8 Å². The topological polar surface area (TPSA) is 76.9 Å². The number of hydrogen-bond donors (Lipinski definition) is 0. The van der Waals surface area contributed by atoms with Gasteiger partial charge in [-0.1, -0.05) is 67.1 Å². The minimum atomic E-state index is -0.597. The molecular weight excluding hydrogens is 564 g/mol. The van der Waals surface area contributed by atoms with Crippen molar-refractivity contribution >= 4 is 28.6 Å². The Bertz CT molecular complexity index is 1600. The first kappa shape index (κ1) is 30.6. The number of nitrogens with zero attached hydrogens (tertiary/aromatic N) is 4. The van der Waals surface area contributed by atoms with Gasteiger partial charge >= 0.3 is 6.09 Å². The third-order valence-corrected chi connectivity index (χ3v) is 7.82. The molecule has 4 aromatic rings. The predicted molar refractivity (Wildman–Crippen MR) is 170 cm³/mol. The predicted octanol–water partition coefficient (Wildman–Crippen LogP) is 6.55. The fourth-order valence-corrected chi connectivity index (χ4v) is 5.75. The summed E-state index contributed by atoms with van der Waals surface area (Å²) < 4.78 is 13.7. The highest BCUT2D eigenvalue weighted by Gasteiger charge is 2.37. The van der Waals surface area contributed by atoms with Gasteiger partial charge in [-0.25, -0.2) is 9.78 Å². The molecule has 2 unspecified atom stereocenters. The number of piperazine rings is 1. The number of carbonyl (C=O) groups is 1. The van der Waals surface area contributed by atoms with Crippen LogP contribution in [0.25, 0.3) is 10.9 Å². The average Bonchev–Trinajstić information content (AvgIpc) is 2.98. The van der Waals surface area contributed by atoms with E-state index < -0.39 is 5.60 Å². The third-order valence-electron chi connectivity index (χ3n) is 7.58. The third kappa shape index (κ3) is 7.37. The zero-order valence-corrected chi connectivity index (χ0v) is 26.0. The van der Waals surface area contributed by atoms with Crippen LogP contribution in [0, 0.1) is 0 Å². The second-order valence-electron chi connectivity index (χ2n) is 11.9. The van der Waals surface area contributed by atoms with Crippen LogP contribution in [0.5, 0.6) is 5.75 Å². The van der Waals surface area contributed by atoms with Crippen molar-refractivity contribution in [1.82, 2.24) is 19.4 Å². The second kappa shape index (κ2) is 13.2. The number of aromatic nitrogens is 2. The van der Waals surface area contributed by atoms with E-state index in [0.717, 1.165) is 11.3 Å². The van der Waals surface area contributed by atoms with Crippen molar-refractivity contribution in [1.29, 1.82) is 0 Å². The summed E-state index contributed by atoms with van der Waals surface area (Å²) in [5, 5.41) is 1.05. The molecule has 0 radical (unpaired) electrons. The monoisotopic (exact) mass is 602 g/mol. The second-order valence-corrected chi connectivity index (χ2v) is 12.3. The van der Waals surface area contributed by atoms with Gasteiger partial charge in [0.25, 0.3) is 5.56 Å². The van der Waals surface area contributed by atoms with Crippen LogP contribution in [0.1, 0.15) is 51.5 Å². The molecule has 1 aliphatic rings. The minimum absolute atomic E-state index is 0.108. The number of benzene rings is 3. The summed E-state index contributed by atoms with van der Waals surface area (Å²) in [5.41, 5.74) is 0.873. The highest BCUT2D eigenvalue weighted by Crippen LogP contribution is 2.30. The first-order chi connectivity index (χ1) is 20.6. The lowest BCUT2D eigenvalue weighted by atomic mass is 10.0. The fraction of sp³-hybridized carbons (Fsp3) is 0.382. The first-order valence-electron chi connectivity index (χ1n) is 14.8. The standard InChI is InChI=1S/C34H39ClN4O4/c1-5-30(31-36-29-20-25(35)16-17-28(29)32(40)39(31)21-24-12-8-6-9-13-24)38-19-18-37(33(41)43-34(2,3)4)22-26(38)23-42-27-14-10-7-11-15-27/h6-17,20,26,30H,5,18-19,21-23H2,1-4H3. The van der Waals surface area contributed by atoms with E-state index >= 15 is 0 Å². The Balaban J connectivity index is 1.54. The number of carbonyl (C=O) groups excluding carboxylic acids is 1. The van der Waals surface area contributed by atoms with Gasteiger partial charge in [-0.3, -0.25) is 14.3 Å². The number of fused-ring (bicyclic) bond motifs is 1. The van der Waals surface area contributed by atoms with E-state index in [1.54, 1.807) is 27.7 Å². The van der Waals surface area contributed by atoms with Crippen LogP contribution in [0.2, 0.25) is 5.02 Å². The summed E-state index contributed by atoms with van der Waals surface area (Å²) in [4.78, 5) is 36.3. The van der Waals surface area contributed by atoms with Crippen molar-refractivity contribution in [3.63, 3.8) is 0 Å². The summed E-state index contributed by atoms with van der Waals surface area (Å²) in [5.74, 6) is 1.42. The molecule has 3 aromatic carbocycles. The van der Waals surface area contributed by atoms with Crippen LogP contribution >= 0.6 is 11.6 Å². The first-order valence-corrected chi connectivity index (χ1v) is 15.2. The lowest BCUT2D eigenvalue weighted by Crippen LogP contribution is -2.58. The molecule has 0 bridgehead atoms. The molecule has 226 valence electrons. The van der Waals surface area contributed by atoms with Gasteiger partial charge in [-0.15, -0.1) is 0 Å². The van der Waals surface area contributed by atoms with Crippen LogP contribution in [0.3, 0.4) is 0 Å². The molecule has 2 atom stereocenters. The molecule has 8 nitrogen and oxygen atoms in total. The Kier molecular flexibility index (Phi) is 9.37. The minimum Gasteiger partial charge on any atom is -0.492 e. The SMILES string of the molecule is CCC(c1nc2cc(Cl)ccc2c(=O)n1Cc1ccccc1)N1CCN(C(=O)OC(C)(C)C)CC1COc1ccccc1. The summed E-state index contributed by atoms with van der Waals surface area (Å²) >= 11 is 6.34. The van der Waals surface area contributed by atoms with Crippen LogP contribution in [0.15, 0.2) is 83.7 Å². The maximum atomic E-state index is 14.0. The number of hydrogen-bond acceptors (Lipinski definition) is 6. The quantitative estimate of drug-likeness (QED) is 0.228. The van der Waals surface area contributed by atoms with Crippen molar-refractivity contribution in [2.75, 3.05) is 26.2 Å². The highest BCUT2D eigenvalue weighted by atomic mass is 35.5. The largest absolute Gasteiger partial charge is 0.492 e. The van der Waals surface area contributed by atoms with E-state index in [9.17, 15) is 9.59 Å². The number of rotatable bonds is 8. The van der Waals surface area contributed by atoms with E-state index in [4.69, 9.17) is 26.1 Å². The van der Waals surface area contributed by atoms with Crippen LogP contribution < -0.4 is 10.3 Å². The molecule has 9 heteroatoms. The van der Waals surface area contributed by atoms with Crippen molar-refractivity contribution in [3.05, 3.63) is 106 Å². The molecule has 1 amide bonds. The van der Waals surface area contributed by atoms with Gasteiger partial charge in [-0.05, 0) is 63.1 Å². The van der Waals surface area contributed by atoms with Crippen LogP contribution in [0.4, 0.5) is 4.79 Å². The molecule has 0 aliphatic carbocycles. The lowest BCUT2D eigenvalue weighted by Gasteiger charge is -2.45. The van der Waals surface area contributed by atoms with E-state index in [1.165, 1.54) is 0 Å². The van der Waals surface area contributed by atoms with Gasteiger partial charge in [0.15, 0.2) is 0 Å². The molecule has 1 aliphatic heterocycles. The molecule has 2 heterocycles. The Morgan fingerprint density at radius 1 is 1.02 bits per heavy atom. The van der Waals surface area contributed by atoms with Crippen LogP contribution in [-0.4, -0.2) is 63.3 Å². The molecule has 43 heavy (non-hydrogen) atoms. The van der Waals surface area contributed by atoms with Gasteiger partial charge in [0.2, 0.25) is 0 Å². The summed E-state index contributed by atoms with van der Waals surface area (Å²) in [6.45, 7) is 9.91. The highest BCUT2D eigenvalue weighted by molar-refractivity contribution is 6.31. The van der Waals surface area contributed by atoms with E-state index in [0.29, 0.717) is 61.0 Å². The number of para-hydroxylation sites is 1. The van der Waals surface area contributed by atoms with Gasteiger partial charge in [0.05, 0.1) is 29.5 Å². The lowest BCUT2D eigenvalue weighted by molar-refractivity contribution is -0.0158. The van der Waals surface area contributed by atoms with Crippen molar-refractivity contribution in [2.24, 2.45) is 0 Å². The smallest absolute Gasteiger partial charge is 0.410 e. The van der Waals surface area contributed by atoms with Gasteiger partial charge in [0, 0.05) is 24.7 Å². The Hall–Kier alpha value is -3.88. The molecular formula is C34H39ClN4O4. The number of amides is 1. The molecule has 0 N–H and O–H groups in total. The maximum Gasteiger partial charge on any atom is 0.410 e. The molecule has 1 aromatic heterocycles. The Morgan fingerprint density at radius 2 is 1.72 bits per heavy atom. The Morgan fingerprint density at radius 3 is 2.40 bits per heavy atom. The number of halogens is 1. The fourth-order valence-electron chi connectivity index (χ4n) is 5.58. The van der Waals surface area contributed by atoms with Crippen LogP contribution in [-0.2, 0) is 11.3 Å². The molecule has 0 spiro atoms. The maximum absolute atomic E-state index is 14.0. The molecule has 0 saturated carbocycles. The summed E-state index contributed by atoms with van der Waals surface area (Å²) in [6, 6.07) is 24.4. The summed E-state index contributed by atoms with van der Waals surface area (Å²) in [6.07, 6.45) is 0.353. The van der Waals surface area contributed by atoms with Crippen molar-refractivity contribution < 1.29 is 14.3 Å². The molecule has 5 rings (SSSR count). The molecule has 1 saturated heterocycles. The van der Waals surface area contributed by atoms with Gasteiger partial charge in [-0.2, -0.15) is 0 Å².